The van der Waals surface area contributed by atoms with Crippen LogP contribution in [-0.2, 0) is 27.3 Å². The van der Waals surface area contributed by atoms with Crippen LogP contribution in [0.15, 0.2) is 71.9 Å². The standard InChI is InChI=1S/C31H33N5O5S/c1-5-41-30(39)23-10-12-24(13-11-23)33-29(38)19-42-31-35-34-27(36(31)26-16-20(2)6-7-21(26)3)18-32-28(37)17-22-8-14-25(40-4)15-9-22/h6-16H,5,17-19H2,1-4H3,(H,32,37)(H,33,38). The van der Waals surface area contributed by atoms with E-state index in [1.54, 1.807) is 38.3 Å². The van der Waals surface area contributed by atoms with Gasteiger partial charge >= 0.3 is 5.97 Å². The summed E-state index contributed by atoms with van der Waals surface area (Å²) in [5.41, 5.74) is 4.76. The second kappa shape index (κ2) is 14.3. The highest BCUT2D eigenvalue weighted by molar-refractivity contribution is 7.99. The number of aromatic nitrogens is 3. The Morgan fingerprint density at radius 1 is 0.929 bits per heavy atom. The number of methoxy groups -OCH3 is 1. The summed E-state index contributed by atoms with van der Waals surface area (Å²) >= 11 is 1.24. The van der Waals surface area contributed by atoms with Crippen molar-refractivity contribution in [1.82, 2.24) is 20.1 Å². The quantitative estimate of drug-likeness (QED) is 0.181. The van der Waals surface area contributed by atoms with Gasteiger partial charge in [-0.2, -0.15) is 0 Å². The maximum absolute atomic E-state index is 12.8. The molecule has 0 atom stereocenters. The third-order valence-electron chi connectivity index (χ3n) is 6.29. The number of nitrogens with one attached hydrogen (secondary N) is 2. The number of ether oxygens (including phenoxy) is 2. The monoisotopic (exact) mass is 587 g/mol. The fraction of sp³-hybridized carbons (Fsp3) is 0.258. The topological polar surface area (TPSA) is 124 Å². The van der Waals surface area contributed by atoms with Crippen LogP contribution >= 0.6 is 11.8 Å². The van der Waals surface area contributed by atoms with Gasteiger partial charge in [0, 0.05) is 5.69 Å². The van der Waals surface area contributed by atoms with Crippen molar-refractivity contribution in [3.63, 3.8) is 0 Å². The molecule has 0 spiro atoms. The van der Waals surface area contributed by atoms with E-state index in [1.807, 2.05) is 60.9 Å². The number of benzene rings is 3. The first-order chi connectivity index (χ1) is 20.3. The average Bonchev–Trinajstić information content (AvgIpc) is 3.39. The lowest BCUT2D eigenvalue weighted by molar-refractivity contribution is -0.120. The van der Waals surface area contributed by atoms with Gasteiger partial charge in [0.1, 0.15) is 5.75 Å². The van der Waals surface area contributed by atoms with E-state index in [9.17, 15) is 14.4 Å². The molecule has 218 valence electrons. The van der Waals surface area contributed by atoms with Crippen molar-refractivity contribution in [2.24, 2.45) is 0 Å². The molecule has 0 aliphatic carbocycles. The smallest absolute Gasteiger partial charge is 0.338 e. The molecule has 0 saturated heterocycles. The second-order valence-corrected chi connectivity index (χ2v) is 10.4. The van der Waals surface area contributed by atoms with Crippen molar-refractivity contribution in [3.8, 4) is 11.4 Å². The lowest BCUT2D eigenvalue weighted by Crippen LogP contribution is -2.26. The number of carbonyl (C=O) groups is 3. The number of hydrogen-bond donors (Lipinski definition) is 2. The molecule has 4 rings (SSSR count). The van der Waals surface area contributed by atoms with Crippen LogP contribution in [0.4, 0.5) is 5.69 Å². The Bertz CT molecular complexity index is 1550. The molecule has 11 heteroatoms. The van der Waals surface area contributed by atoms with Crippen molar-refractivity contribution in [2.45, 2.75) is 38.9 Å². The summed E-state index contributed by atoms with van der Waals surface area (Å²) in [6, 6.07) is 19.9. The molecule has 0 radical (unpaired) electrons. The van der Waals surface area contributed by atoms with E-state index in [1.165, 1.54) is 11.8 Å². The first-order valence-corrected chi connectivity index (χ1v) is 14.4. The SMILES string of the molecule is CCOC(=O)c1ccc(NC(=O)CSc2nnc(CNC(=O)Cc3ccc(OC)cc3)n2-c2cc(C)ccc2C)cc1. The Labute approximate surface area is 248 Å². The van der Waals surface area contributed by atoms with Gasteiger partial charge in [-0.05, 0) is 79.9 Å². The maximum atomic E-state index is 12.8. The van der Waals surface area contributed by atoms with Gasteiger partial charge in [-0.1, -0.05) is 36.0 Å². The van der Waals surface area contributed by atoms with Crippen LogP contribution < -0.4 is 15.4 Å². The Kier molecular flexibility index (Phi) is 10.3. The van der Waals surface area contributed by atoms with Crippen molar-refractivity contribution in [2.75, 3.05) is 24.8 Å². The van der Waals surface area contributed by atoms with E-state index >= 15 is 0 Å². The molecular formula is C31H33N5O5S. The van der Waals surface area contributed by atoms with Gasteiger partial charge in [-0.25, -0.2) is 4.79 Å². The Balaban J connectivity index is 1.45. The molecule has 2 amide bonds. The lowest BCUT2D eigenvalue weighted by Gasteiger charge is -2.14. The van der Waals surface area contributed by atoms with Crippen molar-refractivity contribution >= 4 is 35.2 Å². The zero-order chi connectivity index (χ0) is 30.1. The third-order valence-corrected chi connectivity index (χ3v) is 7.21. The lowest BCUT2D eigenvalue weighted by atomic mass is 10.1. The number of nitrogens with zero attached hydrogens (tertiary/aromatic N) is 3. The fourth-order valence-electron chi connectivity index (χ4n) is 4.11. The number of anilines is 1. The van der Waals surface area contributed by atoms with E-state index in [0.717, 1.165) is 28.1 Å². The minimum atomic E-state index is -0.413. The van der Waals surface area contributed by atoms with Gasteiger partial charge in [0.05, 0.1) is 43.7 Å². The molecule has 0 bridgehead atoms. The minimum absolute atomic E-state index is 0.0758. The number of aryl methyl sites for hydroxylation is 2. The third kappa shape index (κ3) is 7.97. The summed E-state index contributed by atoms with van der Waals surface area (Å²) in [6.07, 6.45) is 0.212. The molecule has 0 saturated carbocycles. The van der Waals surface area contributed by atoms with Gasteiger partial charge in [-0.15, -0.1) is 10.2 Å². The van der Waals surface area contributed by atoms with Crippen LogP contribution in [-0.4, -0.2) is 52.0 Å². The highest BCUT2D eigenvalue weighted by Gasteiger charge is 2.18. The van der Waals surface area contributed by atoms with E-state index in [0.29, 0.717) is 28.8 Å². The summed E-state index contributed by atoms with van der Waals surface area (Å²) < 4.78 is 12.0. The number of amides is 2. The van der Waals surface area contributed by atoms with Crippen LogP contribution in [0.3, 0.4) is 0 Å². The van der Waals surface area contributed by atoms with E-state index in [4.69, 9.17) is 9.47 Å². The van der Waals surface area contributed by atoms with E-state index < -0.39 is 5.97 Å². The predicted octanol–water partition coefficient (Wildman–Crippen LogP) is 4.66. The number of esters is 1. The Morgan fingerprint density at radius 2 is 1.67 bits per heavy atom. The van der Waals surface area contributed by atoms with Gasteiger partial charge in [-0.3, -0.25) is 14.2 Å². The molecule has 1 aromatic heterocycles. The molecule has 0 fully saturated rings. The molecule has 3 aromatic carbocycles. The van der Waals surface area contributed by atoms with Gasteiger partial charge in [0.15, 0.2) is 11.0 Å². The van der Waals surface area contributed by atoms with Crippen LogP contribution in [0.1, 0.15) is 39.8 Å². The normalized spacial score (nSPS) is 10.7. The largest absolute Gasteiger partial charge is 0.497 e. The van der Waals surface area contributed by atoms with Gasteiger partial charge in [0.25, 0.3) is 0 Å². The molecule has 10 nitrogen and oxygen atoms in total. The van der Waals surface area contributed by atoms with E-state index in [-0.39, 0.29) is 30.5 Å². The summed E-state index contributed by atoms with van der Waals surface area (Å²) in [6.45, 7) is 6.18. The van der Waals surface area contributed by atoms with Crippen molar-refractivity contribution < 1.29 is 23.9 Å². The van der Waals surface area contributed by atoms with Crippen molar-refractivity contribution in [1.29, 1.82) is 0 Å². The Morgan fingerprint density at radius 3 is 2.36 bits per heavy atom. The Hall–Kier alpha value is -4.64. The molecule has 0 aliphatic heterocycles. The zero-order valence-electron chi connectivity index (χ0n) is 24.0. The minimum Gasteiger partial charge on any atom is -0.497 e. The van der Waals surface area contributed by atoms with Gasteiger partial charge < -0.3 is 20.1 Å². The summed E-state index contributed by atoms with van der Waals surface area (Å²) in [5.74, 6) is 0.541. The number of carbonyl (C=O) groups excluding carboxylic acids is 3. The second-order valence-electron chi connectivity index (χ2n) is 9.46. The number of hydrogen-bond acceptors (Lipinski definition) is 8. The average molecular weight is 588 g/mol. The first-order valence-electron chi connectivity index (χ1n) is 13.4. The molecular weight excluding hydrogens is 554 g/mol. The van der Waals surface area contributed by atoms with Crippen LogP contribution in [0, 0.1) is 13.8 Å². The molecule has 42 heavy (non-hydrogen) atoms. The first kappa shape index (κ1) is 30.3. The summed E-state index contributed by atoms with van der Waals surface area (Å²) in [4.78, 5) is 37.3. The highest BCUT2D eigenvalue weighted by atomic mass is 32.2. The number of rotatable bonds is 12. The summed E-state index contributed by atoms with van der Waals surface area (Å²) in [5, 5.41) is 15.0. The highest BCUT2D eigenvalue weighted by Crippen LogP contribution is 2.26. The molecule has 4 aromatic rings. The predicted molar refractivity (Wildman–Crippen MR) is 161 cm³/mol. The van der Waals surface area contributed by atoms with Crippen LogP contribution in [0.5, 0.6) is 5.75 Å². The molecule has 0 unspecified atom stereocenters. The summed E-state index contributed by atoms with van der Waals surface area (Å²) in [7, 11) is 1.60. The van der Waals surface area contributed by atoms with Gasteiger partial charge in [0.2, 0.25) is 11.8 Å². The molecule has 0 aliphatic rings. The van der Waals surface area contributed by atoms with E-state index in [2.05, 4.69) is 20.8 Å². The maximum Gasteiger partial charge on any atom is 0.338 e. The van der Waals surface area contributed by atoms with Crippen LogP contribution in [0.25, 0.3) is 5.69 Å². The molecule has 2 N–H and O–H groups in total. The molecule has 1 heterocycles. The zero-order valence-corrected chi connectivity index (χ0v) is 24.8. The number of thioether (sulfide) groups is 1. The van der Waals surface area contributed by atoms with Crippen LogP contribution in [0.2, 0.25) is 0 Å². The fourth-order valence-corrected chi connectivity index (χ4v) is 4.87. The van der Waals surface area contributed by atoms with Crippen molar-refractivity contribution in [3.05, 3.63) is 94.8 Å².